The second-order valence-electron chi connectivity index (χ2n) is 7.24. The van der Waals surface area contributed by atoms with E-state index in [1.165, 1.54) is 31.0 Å². The first-order chi connectivity index (χ1) is 15.5. The Morgan fingerprint density at radius 3 is 2.81 bits per heavy atom. The molecule has 0 bridgehead atoms. The molecule has 1 atom stereocenters. The topological polar surface area (TPSA) is 78.3 Å². The van der Waals surface area contributed by atoms with E-state index in [0.717, 1.165) is 25.0 Å². The molecule has 1 aromatic heterocycles. The van der Waals surface area contributed by atoms with E-state index in [2.05, 4.69) is 15.5 Å². The molecule has 1 saturated heterocycles. The number of nitrogens with one attached hydrogen (secondary N) is 1. The Morgan fingerprint density at radius 2 is 2.12 bits per heavy atom. The number of carbonyl (C=O) groups excluding carboxylic acids is 1. The van der Waals surface area contributed by atoms with Gasteiger partial charge in [0.15, 0.2) is 11.0 Å². The summed E-state index contributed by atoms with van der Waals surface area (Å²) in [5.74, 6) is 0.770. The summed E-state index contributed by atoms with van der Waals surface area (Å²) in [5, 5.41) is 12.4. The number of rotatable bonds is 8. The number of hydrogen-bond acceptors (Lipinski definition) is 6. The molecule has 0 aliphatic carbocycles. The van der Waals surface area contributed by atoms with Crippen LogP contribution in [0.1, 0.15) is 12.8 Å². The number of halogens is 2. The molecule has 0 radical (unpaired) electrons. The molecule has 1 aliphatic rings. The summed E-state index contributed by atoms with van der Waals surface area (Å²) in [5.41, 5.74) is 1.33. The zero-order valence-corrected chi connectivity index (χ0v) is 19.0. The molecule has 168 valence electrons. The number of nitrogens with zero attached hydrogens (tertiary/aromatic N) is 3. The van der Waals surface area contributed by atoms with Gasteiger partial charge in [-0.05, 0) is 55.3 Å². The van der Waals surface area contributed by atoms with Crippen LogP contribution in [0.3, 0.4) is 0 Å². The molecular weight excluding hydrogens is 455 g/mol. The Bertz CT molecular complexity index is 1090. The summed E-state index contributed by atoms with van der Waals surface area (Å²) in [6.07, 6.45) is 2.01. The lowest BCUT2D eigenvalue weighted by atomic mass is 10.2. The molecule has 0 saturated carbocycles. The highest BCUT2D eigenvalue weighted by Crippen LogP contribution is 2.29. The molecule has 1 aliphatic heterocycles. The van der Waals surface area contributed by atoms with Crippen molar-refractivity contribution in [2.45, 2.75) is 30.6 Å². The molecule has 32 heavy (non-hydrogen) atoms. The number of aromatic nitrogens is 3. The van der Waals surface area contributed by atoms with E-state index in [0.29, 0.717) is 34.0 Å². The minimum atomic E-state index is -0.316. The highest BCUT2D eigenvalue weighted by molar-refractivity contribution is 7.99. The fraction of sp³-hybridized carbons (Fsp3) is 0.318. The van der Waals surface area contributed by atoms with Crippen LogP contribution in [0.25, 0.3) is 11.4 Å². The van der Waals surface area contributed by atoms with Crippen LogP contribution < -0.4 is 10.1 Å². The van der Waals surface area contributed by atoms with Gasteiger partial charge in [0.2, 0.25) is 5.91 Å². The SMILES string of the molecule is COc1ccc(NC(=O)CSc2nnc(-c3ccc(F)cc3)n2C[C@@H]2CCCO2)cc1Cl. The van der Waals surface area contributed by atoms with Crippen LogP contribution in [0.4, 0.5) is 10.1 Å². The Hall–Kier alpha value is -2.62. The maximum Gasteiger partial charge on any atom is 0.234 e. The third-order valence-electron chi connectivity index (χ3n) is 5.00. The van der Waals surface area contributed by atoms with E-state index in [9.17, 15) is 9.18 Å². The standard InChI is InChI=1S/C22H22ClFN4O3S/c1-30-19-9-8-16(11-18(19)23)25-20(29)13-32-22-27-26-21(14-4-6-15(24)7-5-14)28(22)12-17-3-2-10-31-17/h4-9,11,17H,2-3,10,12-13H2,1H3,(H,25,29)/t17-/m0/s1. The molecule has 1 fully saturated rings. The van der Waals surface area contributed by atoms with E-state index < -0.39 is 0 Å². The van der Waals surface area contributed by atoms with Crippen molar-refractivity contribution in [2.75, 3.05) is 24.8 Å². The van der Waals surface area contributed by atoms with Crippen molar-refractivity contribution in [1.82, 2.24) is 14.8 Å². The summed E-state index contributed by atoms with van der Waals surface area (Å²) < 4.78 is 26.2. The predicted molar refractivity (Wildman–Crippen MR) is 122 cm³/mol. The van der Waals surface area contributed by atoms with Gasteiger partial charge in [-0.3, -0.25) is 9.36 Å². The minimum Gasteiger partial charge on any atom is -0.495 e. The maximum absolute atomic E-state index is 13.4. The molecule has 10 heteroatoms. The first-order valence-electron chi connectivity index (χ1n) is 10.1. The molecule has 3 aromatic rings. The molecular formula is C22H22ClFN4O3S. The number of thioether (sulfide) groups is 1. The van der Waals surface area contributed by atoms with Gasteiger partial charge in [0.05, 0.1) is 30.5 Å². The minimum absolute atomic E-state index is 0.0554. The van der Waals surface area contributed by atoms with Crippen LogP contribution >= 0.6 is 23.4 Å². The number of anilines is 1. The van der Waals surface area contributed by atoms with Gasteiger partial charge < -0.3 is 14.8 Å². The predicted octanol–water partition coefficient (Wildman–Crippen LogP) is 4.66. The average molecular weight is 477 g/mol. The first kappa shape index (κ1) is 22.6. The molecule has 1 N–H and O–H groups in total. The van der Waals surface area contributed by atoms with E-state index >= 15 is 0 Å². The van der Waals surface area contributed by atoms with Gasteiger partial charge in [0.25, 0.3) is 0 Å². The highest BCUT2D eigenvalue weighted by Gasteiger charge is 2.22. The quantitative estimate of drug-likeness (QED) is 0.476. The molecule has 0 unspecified atom stereocenters. The van der Waals surface area contributed by atoms with E-state index in [4.69, 9.17) is 21.1 Å². The molecule has 1 amide bonds. The first-order valence-corrected chi connectivity index (χ1v) is 11.5. The Kier molecular flexibility index (Phi) is 7.29. The third-order valence-corrected chi connectivity index (χ3v) is 6.26. The van der Waals surface area contributed by atoms with Crippen LogP contribution in [0, 0.1) is 5.82 Å². The summed E-state index contributed by atoms with van der Waals surface area (Å²) in [6, 6.07) is 11.2. The van der Waals surface area contributed by atoms with Crippen LogP contribution in [0.15, 0.2) is 47.6 Å². The van der Waals surface area contributed by atoms with Gasteiger partial charge in [-0.25, -0.2) is 4.39 Å². The van der Waals surface area contributed by atoms with Crippen molar-refractivity contribution < 1.29 is 18.7 Å². The second kappa shape index (κ2) is 10.3. The maximum atomic E-state index is 13.4. The summed E-state index contributed by atoms with van der Waals surface area (Å²) in [4.78, 5) is 12.5. The Morgan fingerprint density at radius 1 is 1.31 bits per heavy atom. The fourth-order valence-electron chi connectivity index (χ4n) is 3.44. The number of hydrogen-bond donors (Lipinski definition) is 1. The highest BCUT2D eigenvalue weighted by atomic mass is 35.5. The van der Waals surface area contributed by atoms with E-state index in [1.807, 2.05) is 4.57 Å². The normalized spacial score (nSPS) is 15.7. The van der Waals surface area contributed by atoms with Crippen LogP contribution in [-0.4, -0.2) is 46.2 Å². The van der Waals surface area contributed by atoms with Gasteiger partial charge in [-0.15, -0.1) is 10.2 Å². The second-order valence-corrected chi connectivity index (χ2v) is 8.59. The molecule has 2 heterocycles. The summed E-state index contributed by atoms with van der Waals surface area (Å²) in [7, 11) is 1.53. The largest absolute Gasteiger partial charge is 0.495 e. The van der Waals surface area contributed by atoms with Gasteiger partial charge in [0, 0.05) is 17.9 Å². The van der Waals surface area contributed by atoms with Gasteiger partial charge in [-0.2, -0.15) is 0 Å². The van der Waals surface area contributed by atoms with Crippen molar-refractivity contribution >= 4 is 35.0 Å². The number of benzene rings is 2. The Labute approximate surface area is 194 Å². The fourth-order valence-corrected chi connectivity index (χ4v) is 4.44. The zero-order chi connectivity index (χ0) is 22.5. The lowest BCUT2D eigenvalue weighted by Gasteiger charge is -2.15. The lowest BCUT2D eigenvalue weighted by Crippen LogP contribution is -2.18. The number of ether oxygens (including phenoxy) is 2. The van der Waals surface area contributed by atoms with Crippen LogP contribution in [0.5, 0.6) is 5.75 Å². The molecule has 4 rings (SSSR count). The van der Waals surface area contributed by atoms with Crippen LogP contribution in [0.2, 0.25) is 5.02 Å². The lowest BCUT2D eigenvalue weighted by molar-refractivity contribution is -0.113. The number of methoxy groups -OCH3 is 1. The number of carbonyl (C=O) groups is 1. The molecule has 7 nitrogen and oxygen atoms in total. The Balaban J connectivity index is 1.48. The van der Waals surface area contributed by atoms with Crippen molar-refractivity contribution in [3.8, 4) is 17.1 Å². The average Bonchev–Trinajstić information content (AvgIpc) is 3.44. The van der Waals surface area contributed by atoms with Crippen molar-refractivity contribution in [1.29, 1.82) is 0 Å². The molecule has 2 aromatic carbocycles. The summed E-state index contributed by atoms with van der Waals surface area (Å²) in [6.45, 7) is 1.30. The van der Waals surface area contributed by atoms with Gasteiger partial charge >= 0.3 is 0 Å². The smallest absolute Gasteiger partial charge is 0.234 e. The number of amides is 1. The van der Waals surface area contributed by atoms with E-state index in [1.54, 1.807) is 30.3 Å². The van der Waals surface area contributed by atoms with Gasteiger partial charge in [0.1, 0.15) is 11.6 Å². The third kappa shape index (κ3) is 5.40. The van der Waals surface area contributed by atoms with Crippen LogP contribution in [-0.2, 0) is 16.1 Å². The van der Waals surface area contributed by atoms with Gasteiger partial charge in [-0.1, -0.05) is 23.4 Å². The summed E-state index contributed by atoms with van der Waals surface area (Å²) >= 11 is 7.40. The zero-order valence-electron chi connectivity index (χ0n) is 17.4. The monoisotopic (exact) mass is 476 g/mol. The van der Waals surface area contributed by atoms with Crippen molar-refractivity contribution in [3.63, 3.8) is 0 Å². The van der Waals surface area contributed by atoms with Crippen molar-refractivity contribution in [3.05, 3.63) is 53.3 Å². The molecule has 0 spiro atoms. The van der Waals surface area contributed by atoms with Crippen molar-refractivity contribution in [2.24, 2.45) is 0 Å². The van der Waals surface area contributed by atoms with E-state index in [-0.39, 0.29) is 23.6 Å².